The van der Waals surface area contributed by atoms with Gasteiger partial charge in [0.1, 0.15) is 5.75 Å². The molecular weight excluding hydrogens is 468 g/mol. The molecular formula is C24H20N6O4S. The number of hydrogen-bond donors (Lipinski definition) is 4. The molecule has 4 aromatic rings. The Morgan fingerprint density at radius 3 is 2.69 bits per heavy atom. The fraction of sp³-hybridized carbons (Fsp3) is 0.125. The summed E-state index contributed by atoms with van der Waals surface area (Å²) >= 11 is 1.33. The Balaban J connectivity index is 1.51. The predicted octanol–water partition coefficient (Wildman–Crippen LogP) is 3.28. The van der Waals surface area contributed by atoms with Gasteiger partial charge in [0.15, 0.2) is 5.16 Å². The van der Waals surface area contributed by atoms with E-state index < -0.39 is 16.8 Å². The number of nitrogens with zero attached hydrogens (tertiary/aromatic N) is 2. The van der Waals surface area contributed by atoms with Gasteiger partial charge in [-0.15, -0.1) is 0 Å². The number of hydrogen-bond acceptors (Lipinski definition) is 7. The highest BCUT2D eigenvalue weighted by atomic mass is 32.2. The zero-order chi connectivity index (χ0) is 24.8. The molecule has 2 heterocycles. The molecule has 0 aliphatic carbocycles. The average Bonchev–Trinajstić information content (AvgIpc) is 2.87. The standard InChI is InChI=1S/C24H20N6O4S/c1-25-20-19(15-6-4-8-18(10-15)34-2)28-24(30-22(20)32)35-13-14-5-3-7-17(9-14)26-11-16-12-27-23(33)29-21(16)31/h3-10,12,26H,11,13H2,2H3,(H,28,30,32)(H2,27,29,31,33). The molecule has 0 saturated heterocycles. The molecule has 0 unspecified atom stereocenters. The molecule has 0 radical (unpaired) electrons. The van der Waals surface area contributed by atoms with Gasteiger partial charge in [-0.2, -0.15) is 0 Å². The first-order valence-corrected chi connectivity index (χ1v) is 11.4. The van der Waals surface area contributed by atoms with E-state index in [2.05, 4.69) is 30.1 Å². The van der Waals surface area contributed by atoms with E-state index in [1.807, 2.05) is 24.3 Å². The van der Waals surface area contributed by atoms with Gasteiger partial charge in [0.2, 0.25) is 0 Å². The SMILES string of the molecule is [C-]#[N+]c1c(-c2cccc(OC)c2)nc(SCc2cccc(NCc3c[nH]c(=O)[nH]c3=O)c2)[nH]c1=O. The van der Waals surface area contributed by atoms with Crippen LogP contribution in [0.3, 0.4) is 0 Å². The van der Waals surface area contributed by atoms with Crippen LogP contribution in [0, 0.1) is 6.57 Å². The van der Waals surface area contributed by atoms with Crippen LogP contribution >= 0.6 is 11.8 Å². The fourth-order valence-electron chi connectivity index (χ4n) is 3.28. The van der Waals surface area contributed by atoms with Gasteiger partial charge in [-0.1, -0.05) is 36.0 Å². The third kappa shape index (κ3) is 5.69. The van der Waals surface area contributed by atoms with E-state index in [4.69, 9.17) is 11.3 Å². The number of H-pyrrole nitrogens is 3. The van der Waals surface area contributed by atoms with Gasteiger partial charge in [-0.05, 0) is 35.4 Å². The molecule has 0 saturated carbocycles. The molecule has 2 aromatic carbocycles. The van der Waals surface area contributed by atoms with Crippen molar-refractivity contribution in [1.29, 1.82) is 0 Å². The highest BCUT2D eigenvalue weighted by Gasteiger charge is 2.15. The molecule has 0 aliphatic rings. The summed E-state index contributed by atoms with van der Waals surface area (Å²) in [6, 6.07) is 14.6. The van der Waals surface area contributed by atoms with Crippen molar-refractivity contribution >= 4 is 23.1 Å². The maximum atomic E-state index is 12.5. The van der Waals surface area contributed by atoms with E-state index >= 15 is 0 Å². The van der Waals surface area contributed by atoms with Gasteiger partial charge in [0, 0.05) is 24.2 Å². The molecule has 0 fully saturated rings. The lowest BCUT2D eigenvalue weighted by molar-refractivity contribution is 0.415. The Bertz CT molecular complexity index is 1580. The summed E-state index contributed by atoms with van der Waals surface area (Å²) in [5, 5.41) is 3.54. The molecule has 0 atom stereocenters. The van der Waals surface area contributed by atoms with E-state index in [-0.39, 0.29) is 12.2 Å². The van der Waals surface area contributed by atoms with Crippen molar-refractivity contribution in [3.05, 3.63) is 108 Å². The highest BCUT2D eigenvalue weighted by Crippen LogP contribution is 2.30. The maximum Gasteiger partial charge on any atom is 0.325 e. The first kappa shape index (κ1) is 23.6. The van der Waals surface area contributed by atoms with Gasteiger partial charge in [0.05, 0.1) is 24.9 Å². The molecule has 176 valence electrons. The summed E-state index contributed by atoms with van der Waals surface area (Å²) in [7, 11) is 1.54. The maximum absolute atomic E-state index is 12.5. The normalized spacial score (nSPS) is 10.5. The van der Waals surface area contributed by atoms with Crippen LogP contribution < -0.4 is 26.9 Å². The number of methoxy groups -OCH3 is 1. The van der Waals surface area contributed by atoms with Crippen molar-refractivity contribution in [3.63, 3.8) is 0 Å². The summed E-state index contributed by atoms with van der Waals surface area (Å²) in [6.07, 6.45) is 1.38. The lowest BCUT2D eigenvalue weighted by atomic mass is 10.1. The van der Waals surface area contributed by atoms with Crippen LogP contribution in [0.2, 0.25) is 0 Å². The molecule has 11 heteroatoms. The van der Waals surface area contributed by atoms with Crippen molar-refractivity contribution < 1.29 is 4.74 Å². The van der Waals surface area contributed by atoms with Crippen LogP contribution in [0.5, 0.6) is 5.75 Å². The molecule has 0 spiro atoms. The Labute approximate surface area is 203 Å². The first-order chi connectivity index (χ1) is 17.0. The number of aromatic nitrogens is 4. The van der Waals surface area contributed by atoms with Crippen LogP contribution in [0.25, 0.3) is 16.1 Å². The van der Waals surface area contributed by atoms with Gasteiger partial charge < -0.3 is 20.0 Å². The second-order valence-electron chi connectivity index (χ2n) is 7.35. The number of rotatable bonds is 8. The summed E-state index contributed by atoms with van der Waals surface area (Å²) in [5.41, 5.74) is 1.48. The zero-order valence-corrected chi connectivity index (χ0v) is 19.4. The van der Waals surface area contributed by atoms with Crippen molar-refractivity contribution in [2.45, 2.75) is 17.5 Å². The van der Waals surface area contributed by atoms with Crippen molar-refractivity contribution in [3.8, 4) is 17.0 Å². The second-order valence-corrected chi connectivity index (χ2v) is 8.32. The fourth-order valence-corrected chi connectivity index (χ4v) is 4.08. The predicted molar refractivity (Wildman–Crippen MR) is 134 cm³/mol. The summed E-state index contributed by atoms with van der Waals surface area (Å²) in [5.74, 6) is 1.11. The van der Waals surface area contributed by atoms with Crippen molar-refractivity contribution in [2.75, 3.05) is 12.4 Å². The summed E-state index contributed by atoms with van der Waals surface area (Å²) in [6.45, 7) is 7.65. The number of aromatic amines is 3. The molecule has 2 aromatic heterocycles. The minimum absolute atomic E-state index is 0.0777. The van der Waals surface area contributed by atoms with Gasteiger partial charge in [0.25, 0.3) is 16.8 Å². The lowest BCUT2D eigenvalue weighted by Gasteiger charge is -2.10. The zero-order valence-electron chi connectivity index (χ0n) is 18.5. The van der Waals surface area contributed by atoms with Crippen LogP contribution in [-0.2, 0) is 12.3 Å². The van der Waals surface area contributed by atoms with Crippen LogP contribution in [0.4, 0.5) is 11.4 Å². The molecule has 4 N–H and O–H groups in total. The number of anilines is 1. The van der Waals surface area contributed by atoms with E-state index in [0.717, 1.165) is 11.3 Å². The minimum Gasteiger partial charge on any atom is -0.497 e. The smallest absolute Gasteiger partial charge is 0.325 e. The third-order valence-corrected chi connectivity index (χ3v) is 5.95. The molecule has 4 rings (SSSR count). The van der Waals surface area contributed by atoms with Gasteiger partial charge in [-0.3, -0.25) is 14.6 Å². The van der Waals surface area contributed by atoms with E-state index in [0.29, 0.717) is 33.5 Å². The number of benzene rings is 2. The van der Waals surface area contributed by atoms with Crippen molar-refractivity contribution in [1.82, 2.24) is 19.9 Å². The Morgan fingerprint density at radius 2 is 1.91 bits per heavy atom. The van der Waals surface area contributed by atoms with E-state index in [9.17, 15) is 14.4 Å². The van der Waals surface area contributed by atoms with Gasteiger partial charge >= 0.3 is 5.69 Å². The Morgan fingerprint density at radius 1 is 1.09 bits per heavy atom. The highest BCUT2D eigenvalue weighted by molar-refractivity contribution is 7.98. The number of thioether (sulfide) groups is 1. The third-order valence-electron chi connectivity index (χ3n) is 5.01. The molecule has 35 heavy (non-hydrogen) atoms. The quantitative estimate of drug-likeness (QED) is 0.170. The molecule has 10 nitrogen and oxygen atoms in total. The van der Waals surface area contributed by atoms with Crippen LogP contribution in [0.1, 0.15) is 11.1 Å². The second kappa shape index (κ2) is 10.6. The molecule has 0 amide bonds. The number of nitrogens with one attached hydrogen (secondary N) is 4. The van der Waals surface area contributed by atoms with E-state index in [1.54, 1.807) is 31.4 Å². The largest absolute Gasteiger partial charge is 0.497 e. The monoisotopic (exact) mass is 488 g/mol. The van der Waals surface area contributed by atoms with E-state index in [1.165, 1.54) is 18.0 Å². The topological polar surface area (TPSA) is 137 Å². The van der Waals surface area contributed by atoms with Gasteiger partial charge in [-0.25, -0.2) is 14.6 Å². The first-order valence-electron chi connectivity index (χ1n) is 10.4. The lowest BCUT2D eigenvalue weighted by Crippen LogP contribution is -2.25. The minimum atomic E-state index is -0.552. The molecule has 0 bridgehead atoms. The van der Waals surface area contributed by atoms with Crippen LogP contribution in [0.15, 0.2) is 74.3 Å². The summed E-state index contributed by atoms with van der Waals surface area (Å²) < 4.78 is 5.25. The van der Waals surface area contributed by atoms with Crippen molar-refractivity contribution in [2.24, 2.45) is 0 Å². The Hall–Kier alpha value is -4.56. The van der Waals surface area contributed by atoms with Crippen LogP contribution in [-0.4, -0.2) is 27.0 Å². The Kier molecular flexibility index (Phi) is 7.13. The average molecular weight is 489 g/mol. The summed E-state index contributed by atoms with van der Waals surface area (Å²) in [4.78, 5) is 50.8. The molecule has 0 aliphatic heterocycles. The number of ether oxygens (including phenoxy) is 1.